The lowest BCUT2D eigenvalue weighted by molar-refractivity contribution is 0.669. The van der Waals surface area contributed by atoms with Crippen molar-refractivity contribution < 1.29 is 4.42 Å². The molecule has 0 atom stereocenters. The highest BCUT2D eigenvalue weighted by Crippen LogP contribution is 2.38. The van der Waals surface area contributed by atoms with E-state index in [1.165, 1.54) is 10.8 Å². The molecule has 0 N–H and O–H groups in total. The molecule has 5 heteroatoms. The zero-order chi connectivity index (χ0) is 29.0. The summed E-state index contributed by atoms with van der Waals surface area (Å²) < 4.78 is 8.99. The minimum atomic E-state index is 0.574. The Morgan fingerprint density at radius 2 is 0.977 bits per heavy atom. The fourth-order valence-corrected chi connectivity index (χ4v) is 6.23. The highest BCUT2D eigenvalue weighted by molar-refractivity contribution is 6.11. The second kappa shape index (κ2) is 9.75. The topological polar surface area (TPSA) is 56.7 Å². The molecule has 0 bridgehead atoms. The van der Waals surface area contributed by atoms with Crippen LogP contribution in [0, 0.1) is 0 Å². The first-order valence-corrected chi connectivity index (χ1v) is 14.6. The standard InChI is InChI=1S/C39H24N4O/c1-3-12-25(13-4-1)37-40-38(26-14-5-2-6-15-26)42-39(41-37)32-19-11-18-31-30-23-22-27(24-35(30)44-36(31)32)43-33-20-9-7-16-28(33)29-17-8-10-21-34(29)43/h1-24H. The summed E-state index contributed by atoms with van der Waals surface area (Å²) in [5.74, 6) is 1.82. The van der Waals surface area contributed by atoms with Crippen LogP contribution in [0.5, 0.6) is 0 Å². The highest BCUT2D eigenvalue weighted by Gasteiger charge is 2.19. The third-order valence-corrected chi connectivity index (χ3v) is 8.26. The van der Waals surface area contributed by atoms with Gasteiger partial charge in [-0.1, -0.05) is 109 Å². The Morgan fingerprint density at radius 3 is 1.61 bits per heavy atom. The van der Waals surface area contributed by atoms with E-state index >= 15 is 0 Å². The molecule has 0 aliphatic heterocycles. The summed E-state index contributed by atoms with van der Waals surface area (Å²) in [6.07, 6.45) is 0. The van der Waals surface area contributed by atoms with E-state index in [1.54, 1.807) is 0 Å². The molecule has 0 aliphatic rings. The minimum Gasteiger partial charge on any atom is -0.455 e. The Hall–Kier alpha value is -6.07. The Kier molecular flexibility index (Phi) is 5.43. The van der Waals surface area contributed by atoms with Crippen LogP contribution >= 0.6 is 0 Å². The molecule has 0 spiro atoms. The summed E-state index contributed by atoms with van der Waals surface area (Å²) in [6, 6.07) is 49.8. The molecule has 6 aromatic carbocycles. The number of hydrogen-bond donors (Lipinski definition) is 0. The smallest absolute Gasteiger partial charge is 0.167 e. The van der Waals surface area contributed by atoms with E-state index in [4.69, 9.17) is 19.4 Å². The van der Waals surface area contributed by atoms with Crippen molar-refractivity contribution in [3.63, 3.8) is 0 Å². The van der Waals surface area contributed by atoms with Crippen molar-refractivity contribution in [1.29, 1.82) is 0 Å². The Balaban J connectivity index is 1.26. The largest absolute Gasteiger partial charge is 0.455 e. The summed E-state index contributed by atoms with van der Waals surface area (Å²) in [5.41, 5.74) is 7.64. The SMILES string of the molecule is c1ccc(-c2nc(-c3ccccc3)nc(-c3cccc4c3oc3cc(-n5c6ccccc6c6ccccc65)ccc34)n2)cc1. The fraction of sp³-hybridized carbons (Fsp3) is 0. The van der Waals surface area contributed by atoms with E-state index in [1.807, 2.05) is 72.8 Å². The average molecular weight is 565 g/mol. The van der Waals surface area contributed by atoms with Gasteiger partial charge in [0, 0.05) is 44.4 Å². The van der Waals surface area contributed by atoms with E-state index in [9.17, 15) is 0 Å². The molecule has 9 aromatic rings. The summed E-state index contributed by atoms with van der Waals surface area (Å²) >= 11 is 0. The van der Waals surface area contributed by atoms with Crippen LogP contribution in [-0.2, 0) is 0 Å². The van der Waals surface area contributed by atoms with Gasteiger partial charge in [0.05, 0.1) is 16.6 Å². The zero-order valence-electron chi connectivity index (χ0n) is 23.6. The average Bonchev–Trinajstić information content (AvgIpc) is 3.64. The molecular formula is C39H24N4O. The van der Waals surface area contributed by atoms with Crippen molar-refractivity contribution in [2.24, 2.45) is 0 Å². The number of hydrogen-bond acceptors (Lipinski definition) is 4. The maximum absolute atomic E-state index is 6.68. The molecule has 0 saturated carbocycles. The summed E-state index contributed by atoms with van der Waals surface area (Å²) in [6.45, 7) is 0. The van der Waals surface area contributed by atoms with E-state index in [-0.39, 0.29) is 0 Å². The lowest BCUT2D eigenvalue weighted by atomic mass is 10.1. The zero-order valence-corrected chi connectivity index (χ0v) is 23.6. The molecule has 44 heavy (non-hydrogen) atoms. The van der Waals surface area contributed by atoms with Crippen LogP contribution in [0.15, 0.2) is 150 Å². The fourth-order valence-electron chi connectivity index (χ4n) is 6.23. The molecule has 0 fully saturated rings. The van der Waals surface area contributed by atoms with Gasteiger partial charge in [-0.15, -0.1) is 0 Å². The van der Waals surface area contributed by atoms with Gasteiger partial charge >= 0.3 is 0 Å². The summed E-state index contributed by atoms with van der Waals surface area (Å²) in [7, 11) is 0. The monoisotopic (exact) mass is 564 g/mol. The molecule has 9 rings (SSSR count). The van der Waals surface area contributed by atoms with Crippen molar-refractivity contribution in [1.82, 2.24) is 19.5 Å². The first-order chi connectivity index (χ1) is 21.8. The van der Waals surface area contributed by atoms with Crippen LogP contribution < -0.4 is 0 Å². The third-order valence-electron chi connectivity index (χ3n) is 8.26. The van der Waals surface area contributed by atoms with E-state index in [0.717, 1.165) is 55.3 Å². The lowest BCUT2D eigenvalue weighted by Gasteiger charge is -2.08. The van der Waals surface area contributed by atoms with Crippen molar-refractivity contribution in [2.45, 2.75) is 0 Å². The maximum atomic E-state index is 6.68. The number of fused-ring (bicyclic) bond motifs is 6. The van der Waals surface area contributed by atoms with Crippen LogP contribution in [-0.4, -0.2) is 19.5 Å². The molecule has 206 valence electrons. The molecule has 0 unspecified atom stereocenters. The number of rotatable bonds is 4. The van der Waals surface area contributed by atoms with Gasteiger partial charge in [0.2, 0.25) is 0 Å². The van der Waals surface area contributed by atoms with E-state index in [0.29, 0.717) is 17.5 Å². The van der Waals surface area contributed by atoms with Gasteiger partial charge < -0.3 is 8.98 Å². The third kappa shape index (κ3) is 3.83. The van der Waals surface area contributed by atoms with E-state index in [2.05, 4.69) is 77.4 Å². The van der Waals surface area contributed by atoms with Crippen LogP contribution in [0.25, 0.3) is 83.6 Å². The highest BCUT2D eigenvalue weighted by atomic mass is 16.3. The van der Waals surface area contributed by atoms with Gasteiger partial charge in [-0.05, 0) is 30.3 Å². The summed E-state index contributed by atoms with van der Waals surface area (Å²) in [5, 5.41) is 4.53. The van der Waals surface area contributed by atoms with Crippen molar-refractivity contribution in [3.05, 3.63) is 146 Å². The van der Waals surface area contributed by atoms with Crippen molar-refractivity contribution >= 4 is 43.7 Å². The van der Waals surface area contributed by atoms with Gasteiger partial charge in [0.15, 0.2) is 17.5 Å². The lowest BCUT2D eigenvalue weighted by Crippen LogP contribution is -2.00. The maximum Gasteiger partial charge on any atom is 0.167 e. The molecular weight excluding hydrogens is 540 g/mol. The molecule has 0 amide bonds. The van der Waals surface area contributed by atoms with E-state index < -0.39 is 0 Å². The molecule has 5 nitrogen and oxygen atoms in total. The number of para-hydroxylation sites is 3. The van der Waals surface area contributed by atoms with Crippen molar-refractivity contribution in [3.8, 4) is 39.9 Å². The first-order valence-electron chi connectivity index (χ1n) is 14.6. The Labute approximate surface area is 252 Å². The number of benzene rings is 6. The van der Waals surface area contributed by atoms with Crippen LogP contribution in [0.1, 0.15) is 0 Å². The Morgan fingerprint density at radius 1 is 0.432 bits per heavy atom. The number of nitrogens with zero attached hydrogens (tertiary/aromatic N) is 4. The first kappa shape index (κ1) is 24.5. The van der Waals surface area contributed by atoms with Crippen molar-refractivity contribution in [2.75, 3.05) is 0 Å². The minimum absolute atomic E-state index is 0.574. The second-order valence-electron chi connectivity index (χ2n) is 10.9. The van der Waals surface area contributed by atoms with Gasteiger partial charge in [-0.25, -0.2) is 15.0 Å². The van der Waals surface area contributed by atoms with Gasteiger partial charge in [-0.3, -0.25) is 0 Å². The molecule has 0 radical (unpaired) electrons. The predicted molar refractivity (Wildman–Crippen MR) is 178 cm³/mol. The van der Waals surface area contributed by atoms with Gasteiger partial charge in [-0.2, -0.15) is 0 Å². The summed E-state index contributed by atoms with van der Waals surface area (Å²) in [4.78, 5) is 14.8. The second-order valence-corrected chi connectivity index (χ2v) is 10.9. The molecule has 3 heterocycles. The van der Waals surface area contributed by atoms with Gasteiger partial charge in [0.25, 0.3) is 0 Å². The number of furan rings is 1. The van der Waals surface area contributed by atoms with Crippen LogP contribution in [0.2, 0.25) is 0 Å². The normalized spacial score (nSPS) is 11.6. The van der Waals surface area contributed by atoms with Gasteiger partial charge in [0.1, 0.15) is 11.2 Å². The molecule has 0 aliphatic carbocycles. The van der Waals surface area contributed by atoms with Crippen LogP contribution in [0.3, 0.4) is 0 Å². The number of aromatic nitrogens is 4. The Bertz CT molecular complexity index is 2380. The van der Waals surface area contributed by atoms with Crippen LogP contribution in [0.4, 0.5) is 0 Å². The molecule has 3 aromatic heterocycles. The quantitative estimate of drug-likeness (QED) is 0.213. The predicted octanol–water partition coefficient (Wildman–Crippen LogP) is 9.87. The molecule has 0 saturated heterocycles.